The molecule has 0 aliphatic carbocycles. The van der Waals surface area contributed by atoms with E-state index in [1.54, 1.807) is 19.1 Å². The first-order valence-electron chi connectivity index (χ1n) is 6.61. The molecule has 2 rings (SSSR count). The van der Waals surface area contributed by atoms with Gasteiger partial charge < -0.3 is 10.1 Å². The van der Waals surface area contributed by atoms with Crippen molar-refractivity contribution in [2.75, 3.05) is 12.4 Å². The highest BCUT2D eigenvalue weighted by atomic mass is 35.5. The summed E-state index contributed by atoms with van der Waals surface area (Å²) in [5.74, 6) is -0.243. The molecule has 24 heavy (non-hydrogen) atoms. The number of methoxy groups -OCH3 is 1. The number of ether oxygens (including phenoxy) is 1. The van der Waals surface area contributed by atoms with Crippen molar-refractivity contribution in [3.63, 3.8) is 0 Å². The molecule has 0 saturated carbocycles. The van der Waals surface area contributed by atoms with Crippen LogP contribution in [0.3, 0.4) is 0 Å². The maximum Gasteiger partial charge on any atom is 0.255 e. The summed E-state index contributed by atoms with van der Waals surface area (Å²) in [6.45, 7) is 1.61. The van der Waals surface area contributed by atoms with Crippen LogP contribution in [0, 0.1) is 6.92 Å². The molecule has 0 aliphatic heterocycles. The van der Waals surface area contributed by atoms with Gasteiger partial charge in [-0.2, -0.15) is 0 Å². The summed E-state index contributed by atoms with van der Waals surface area (Å²) < 4.78 is 28.1. The van der Waals surface area contributed by atoms with Crippen LogP contribution in [0.25, 0.3) is 0 Å². The zero-order chi connectivity index (χ0) is 18.1. The SMILES string of the molecule is COc1c(Cl)cc(C(=O)Nc2ccc(C)c(S(N)(=O)=O)c2)cc1Cl. The second-order valence-electron chi connectivity index (χ2n) is 4.95. The molecule has 0 aromatic heterocycles. The standard InChI is InChI=1S/C15H14Cl2N2O4S/c1-8-3-4-10(7-13(8)24(18,21)22)19-15(20)9-5-11(16)14(23-2)12(17)6-9/h3-7H,1-2H3,(H,19,20)(H2,18,21,22). The number of halogens is 2. The van der Waals surface area contributed by atoms with Gasteiger partial charge in [-0.1, -0.05) is 29.3 Å². The molecule has 128 valence electrons. The van der Waals surface area contributed by atoms with Crippen molar-refractivity contribution in [1.29, 1.82) is 0 Å². The van der Waals surface area contributed by atoms with Crippen LogP contribution >= 0.6 is 23.2 Å². The van der Waals surface area contributed by atoms with Crippen molar-refractivity contribution in [2.45, 2.75) is 11.8 Å². The molecular weight excluding hydrogens is 375 g/mol. The summed E-state index contributed by atoms with van der Waals surface area (Å²) in [6.07, 6.45) is 0. The number of rotatable bonds is 4. The van der Waals surface area contributed by atoms with E-state index in [0.717, 1.165) is 0 Å². The Morgan fingerprint density at radius 3 is 2.25 bits per heavy atom. The molecule has 0 aliphatic rings. The number of hydrogen-bond acceptors (Lipinski definition) is 4. The fourth-order valence-corrected chi connectivity index (χ4v) is 3.52. The maximum atomic E-state index is 12.3. The molecule has 2 aromatic carbocycles. The molecule has 0 bridgehead atoms. The normalized spacial score (nSPS) is 11.2. The highest BCUT2D eigenvalue weighted by Gasteiger charge is 2.16. The number of aryl methyl sites for hydroxylation is 1. The lowest BCUT2D eigenvalue weighted by Gasteiger charge is -2.11. The van der Waals surface area contributed by atoms with Crippen LogP contribution in [0.1, 0.15) is 15.9 Å². The second kappa shape index (κ2) is 6.98. The number of amides is 1. The van der Waals surface area contributed by atoms with Crippen LogP contribution in [0.4, 0.5) is 5.69 Å². The number of primary sulfonamides is 1. The van der Waals surface area contributed by atoms with Crippen LogP contribution in [0.2, 0.25) is 10.0 Å². The summed E-state index contributed by atoms with van der Waals surface area (Å²) in [5, 5.41) is 8.09. The Labute approximate surface area is 149 Å². The Bertz CT molecular complexity index is 891. The highest BCUT2D eigenvalue weighted by Crippen LogP contribution is 2.34. The molecule has 0 heterocycles. The fourth-order valence-electron chi connectivity index (χ4n) is 2.07. The van der Waals surface area contributed by atoms with Gasteiger partial charge >= 0.3 is 0 Å². The van der Waals surface area contributed by atoms with Gasteiger partial charge in [-0.15, -0.1) is 0 Å². The Morgan fingerprint density at radius 2 is 1.75 bits per heavy atom. The summed E-state index contributed by atoms with van der Waals surface area (Å²) in [4.78, 5) is 12.3. The third-order valence-corrected chi connectivity index (χ3v) is 4.83. The molecule has 0 radical (unpaired) electrons. The Kier molecular flexibility index (Phi) is 5.39. The van der Waals surface area contributed by atoms with Gasteiger partial charge in [-0.3, -0.25) is 4.79 Å². The molecule has 1 amide bonds. The van der Waals surface area contributed by atoms with Crippen LogP contribution in [0.15, 0.2) is 35.2 Å². The van der Waals surface area contributed by atoms with Crippen molar-refractivity contribution in [3.05, 3.63) is 51.5 Å². The molecule has 0 saturated heterocycles. The predicted molar refractivity (Wildman–Crippen MR) is 93.5 cm³/mol. The quantitative estimate of drug-likeness (QED) is 0.839. The zero-order valence-corrected chi connectivity index (χ0v) is 15.1. The van der Waals surface area contributed by atoms with Gasteiger partial charge in [0.05, 0.1) is 22.1 Å². The molecule has 9 heteroatoms. The number of carbonyl (C=O) groups is 1. The largest absolute Gasteiger partial charge is 0.494 e. The fraction of sp³-hybridized carbons (Fsp3) is 0.133. The first kappa shape index (κ1) is 18.5. The molecule has 0 unspecified atom stereocenters. The average molecular weight is 389 g/mol. The van der Waals surface area contributed by atoms with E-state index >= 15 is 0 Å². The minimum absolute atomic E-state index is 0.0638. The van der Waals surface area contributed by atoms with Crippen LogP contribution < -0.4 is 15.2 Å². The molecule has 2 aromatic rings. The van der Waals surface area contributed by atoms with Gasteiger partial charge in [0.1, 0.15) is 0 Å². The maximum absolute atomic E-state index is 12.3. The Hall–Kier alpha value is -1.80. The summed E-state index contributed by atoms with van der Waals surface area (Å²) >= 11 is 12.0. The Morgan fingerprint density at radius 1 is 1.17 bits per heavy atom. The molecule has 0 fully saturated rings. The van der Waals surface area contributed by atoms with Crippen molar-refractivity contribution < 1.29 is 17.9 Å². The van der Waals surface area contributed by atoms with Gasteiger partial charge in [-0.05, 0) is 36.8 Å². The number of hydrogen-bond donors (Lipinski definition) is 2. The van der Waals surface area contributed by atoms with E-state index in [4.69, 9.17) is 33.1 Å². The molecular formula is C15H14Cl2N2O4S. The summed E-state index contributed by atoms with van der Waals surface area (Å²) in [5.41, 5.74) is 0.951. The van der Waals surface area contributed by atoms with Gasteiger partial charge in [0.25, 0.3) is 5.91 Å². The third kappa shape index (κ3) is 3.99. The van der Waals surface area contributed by atoms with E-state index in [1.807, 2.05) is 0 Å². The minimum Gasteiger partial charge on any atom is -0.494 e. The lowest BCUT2D eigenvalue weighted by molar-refractivity contribution is 0.102. The van der Waals surface area contributed by atoms with Gasteiger partial charge in [-0.25, -0.2) is 13.6 Å². The first-order chi connectivity index (χ1) is 11.1. The van der Waals surface area contributed by atoms with Crippen molar-refractivity contribution in [1.82, 2.24) is 0 Å². The van der Waals surface area contributed by atoms with E-state index in [0.29, 0.717) is 5.56 Å². The average Bonchev–Trinajstić information content (AvgIpc) is 2.47. The molecule has 0 atom stereocenters. The van der Waals surface area contributed by atoms with Crippen LogP contribution in [-0.4, -0.2) is 21.4 Å². The summed E-state index contributed by atoms with van der Waals surface area (Å²) in [7, 11) is -2.48. The number of sulfonamides is 1. The van der Waals surface area contributed by atoms with E-state index in [-0.39, 0.29) is 31.9 Å². The minimum atomic E-state index is -3.89. The molecule has 0 spiro atoms. The van der Waals surface area contributed by atoms with E-state index < -0.39 is 15.9 Å². The predicted octanol–water partition coefficient (Wildman–Crippen LogP) is 3.21. The lowest BCUT2D eigenvalue weighted by atomic mass is 10.2. The number of nitrogens with one attached hydrogen (secondary N) is 1. The topological polar surface area (TPSA) is 98.5 Å². The summed E-state index contributed by atoms with van der Waals surface area (Å²) in [6, 6.07) is 7.19. The molecule has 6 nitrogen and oxygen atoms in total. The number of benzene rings is 2. The monoisotopic (exact) mass is 388 g/mol. The number of carbonyl (C=O) groups excluding carboxylic acids is 1. The third-order valence-electron chi connectivity index (χ3n) is 3.22. The number of anilines is 1. The van der Waals surface area contributed by atoms with Crippen LogP contribution in [-0.2, 0) is 10.0 Å². The van der Waals surface area contributed by atoms with Gasteiger partial charge in [0.15, 0.2) is 5.75 Å². The van der Waals surface area contributed by atoms with Crippen molar-refractivity contribution in [3.8, 4) is 5.75 Å². The molecule has 3 N–H and O–H groups in total. The van der Waals surface area contributed by atoms with Crippen molar-refractivity contribution in [2.24, 2.45) is 5.14 Å². The van der Waals surface area contributed by atoms with Gasteiger partial charge in [0.2, 0.25) is 10.0 Å². The Balaban J connectivity index is 2.34. The number of nitrogens with two attached hydrogens (primary N) is 1. The second-order valence-corrected chi connectivity index (χ2v) is 7.30. The van der Waals surface area contributed by atoms with E-state index in [2.05, 4.69) is 5.32 Å². The van der Waals surface area contributed by atoms with Gasteiger partial charge in [0, 0.05) is 11.3 Å². The lowest BCUT2D eigenvalue weighted by Crippen LogP contribution is -2.16. The van der Waals surface area contributed by atoms with Crippen LogP contribution in [0.5, 0.6) is 5.75 Å². The highest BCUT2D eigenvalue weighted by molar-refractivity contribution is 7.89. The smallest absolute Gasteiger partial charge is 0.255 e. The first-order valence-corrected chi connectivity index (χ1v) is 8.91. The van der Waals surface area contributed by atoms with E-state index in [1.165, 1.54) is 25.3 Å². The van der Waals surface area contributed by atoms with E-state index in [9.17, 15) is 13.2 Å². The zero-order valence-electron chi connectivity index (χ0n) is 12.8. The van der Waals surface area contributed by atoms with Crippen molar-refractivity contribution >= 4 is 44.8 Å².